The lowest BCUT2D eigenvalue weighted by molar-refractivity contribution is 0.321. The van der Waals surface area contributed by atoms with Crippen LogP contribution in [-0.2, 0) is 0 Å². The lowest BCUT2D eigenvalue weighted by Gasteiger charge is -2.03. The summed E-state index contributed by atoms with van der Waals surface area (Å²) in [4.78, 5) is 4.00. The second kappa shape index (κ2) is 3.85. The molecule has 1 rings (SSSR count). The van der Waals surface area contributed by atoms with Crippen LogP contribution in [0, 0.1) is 0 Å². The van der Waals surface area contributed by atoms with E-state index in [0.29, 0.717) is 11.6 Å². The van der Waals surface area contributed by atoms with Gasteiger partial charge in [-0.2, -0.15) is 0 Å². The van der Waals surface area contributed by atoms with Crippen molar-refractivity contribution in [1.82, 2.24) is 4.98 Å². The first-order chi connectivity index (χ1) is 5.74. The summed E-state index contributed by atoms with van der Waals surface area (Å²) in [6, 6.07) is 3.86. The standard InChI is InChI=1S/C9H12N2O/c1-7(2)8-3-4-10-9(5-8)6-11-12/h3-7,12H,1-2H3/b11-6+. The summed E-state index contributed by atoms with van der Waals surface area (Å²) in [5.41, 5.74) is 1.88. The molecule has 0 saturated heterocycles. The Bertz CT molecular complexity index is 282. The molecule has 12 heavy (non-hydrogen) atoms. The zero-order chi connectivity index (χ0) is 8.97. The van der Waals surface area contributed by atoms with Crippen LogP contribution < -0.4 is 0 Å². The Kier molecular flexibility index (Phi) is 2.80. The molecular formula is C9H12N2O. The Labute approximate surface area is 71.8 Å². The van der Waals surface area contributed by atoms with Crippen LogP contribution in [0.5, 0.6) is 0 Å². The van der Waals surface area contributed by atoms with Crippen LogP contribution in [0.2, 0.25) is 0 Å². The summed E-state index contributed by atoms with van der Waals surface area (Å²) in [5.74, 6) is 0.471. The monoisotopic (exact) mass is 164 g/mol. The van der Waals surface area contributed by atoms with E-state index in [1.165, 1.54) is 11.8 Å². The van der Waals surface area contributed by atoms with Gasteiger partial charge in [0.2, 0.25) is 0 Å². The highest BCUT2D eigenvalue weighted by Gasteiger charge is 1.98. The van der Waals surface area contributed by atoms with E-state index in [2.05, 4.69) is 24.0 Å². The molecule has 0 unspecified atom stereocenters. The zero-order valence-electron chi connectivity index (χ0n) is 7.23. The number of pyridine rings is 1. The lowest BCUT2D eigenvalue weighted by atomic mass is 10.0. The van der Waals surface area contributed by atoms with Gasteiger partial charge in [0.15, 0.2) is 0 Å². The molecule has 3 heteroatoms. The molecule has 0 fully saturated rings. The predicted octanol–water partition coefficient (Wildman–Crippen LogP) is 2.01. The molecule has 1 aromatic rings. The minimum Gasteiger partial charge on any atom is -0.411 e. The van der Waals surface area contributed by atoms with Crippen molar-refractivity contribution in [3.05, 3.63) is 29.6 Å². The maximum atomic E-state index is 8.28. The number of hydrogen-bond donors (Lipinski definition) is 1. The molecule has 1 N–H and O–H groups in total. The number of aromatic nitrogens is 1. The molecule has 64 valence electrons. The van der Waals surface area contributed by atoms with Crippen molar-refractivity contribution >= 4 is 6.21 Å². The molecule has 0 aliphatic rings. The van der Waals surface area contributed by atoms with Crippen LogP contribution in [0.3, 0.4) is 0 Å². The van der Waals surface area contributed by atoms with E-state index in [-0.39, 0.29) is 0 Å². The highest BCUT2D eigenvalue weighted by atomic mass is 16.4. The Morgan fingerprint density at radius 2 is 2.33 bits per heavy atom. The van der Waals surface area contributed by atoms with Crippen LogP contribution in [0.25, 0.3) is 0 Å². The van der Waals surface area contributed by atoms with Gasteiger partial charge in [-0.1, -0.05) is 19.0 Å². The maximum absolute atomic E-state index is 8.28. The molecule has 1 heterocycles. The van der Waals surface area contributed by atoms with Crippen molar-refractivity contribution in [1.29, 1.82) is 0 Å². The third-order valence-corrected chi connectivity index (χ3v) is 1.66. The van der Waals surface area contributed by atoms with Gasteiger partial charge < -0.3 is 5.21 Å². The second-order valence-electron chi connectivity index (χ2n) is 2.91. The van der Waals surface area contributed by atoms with E-state index in [4.69, 9.17) is 5.21 Å². The molecule has 0 aliphatic heterocycles. The van der Waals surface area contributed by atoms with Crippen molar-refractivity contribution in [2.24, 2.45) is 5.16 Å². The molecule has 0 amide bonds. The van der Waals surface area contributed by atoms with Crippen LogP contribution in [0.1, 0.15) is 31.0 Å². The average molecular weight is 164 g/mol. The minimum atomic E-state index is 0.471. The van der Waals surface area contributed by atoms with Gasteiger partial charge in [-0.15, -0.1) is 0 Å². The van der Waals surface area contributed by atoms with Gasteiger partial charge in [0.25, 0.3) is 0 Å². The van der Waals surface area contributed by atoms with Crippen molar-refractivity contribution in [2.45, 2.75) is 19.8 Å². The molecule has 0 aliphatic carbocycles. The summed E-state index contributed by atoms with van der Waals surface area (Å²) in [6.45, 7) is 4.21. The first kappa shape index (κ1) is 8.71. The maximum Gasteiger partial charge on any atom is 0.0918 e. The molecule has 3 nitrogen and oxygen atoms in total. The quantitative estimate of drug-likeness (QED) is 0.413. The highest BCUT2D eigenvalue weighted by molar-refractivity contribution is 5.76. The molecule has 0 spiro atoms. The van der Waals surface area contributed by atoms with E-state index in [0.717, 1.165) is 0 Å². The Morgan fingerprint density at radius 3 is 2.92 bits per heavy atom. The molecule has 0 saturated carbocycles. The SMILES string of the molecule is CC(C)c1ccnc(/C=N/O)c1. The molecule has 0 atom stereocenters. The average Bonchev–Trinajstić information content (AvgIpc) is 2.05. The number of nitrogens with zero attached hydrogens (tertiary/aromatic N) is 2. The summed E-state index contributed by atoms with van der Waals surface area (Å²) in [6.07, 6.45) is 3.04. The van der Waals surface area contributed by atoms with Gasteiger partial charge in [0, 0.05) is 6.20 Å². The largest absolute Gasteiger partial charge is 0.411 e. The molecule has 1 aromatic heterocycles. The second-order valence-corrected chi connectivity index (χ2v) is 2.91. The first-order valence-corrected chi connectivity index (χ1v) is 3.87. The number of oxime groups is 1. The van der Waals surface area contributed by atoms with E-state index in [9.17, 15) is 0 Å². The fourth-order valence-electron chi connectivity index (χ4n) is 0.954. The summed E-state index contributed by atoms with van der Waals surface area (Å²) < 4.78 is 0. The van der Waals surface area contributed by atoms with Crippen LogP contribution >= 0.6 is 0 Å². The fraction of sp³-hybridized carbons (Fsp3) is 0.333. The summed E-state index contributed by atoms with van der Waals surface area (Å²) >= 11 is 0. The Morgan fingerprint density at radius 1 is 1.58 bits per heavy atom. The van der Waals surface area contributed by atoms with Gasteiger partial charge in [-0.3, -0.25) is 4.98 Å². The third kappa shape index (κ3) is 2.05. The topological polar surface area (TPSA) is 45.5 Å². The minimum absolute atomic E-state index is 0.471. The molecule has 0 aromatic carbocycles. The van der Waals surface area contributed by atoms with Gasteiger partial charge in [0.1, 0.15) is 0 Å². The summed E-state index contributed by atoms with van der Waals surface area (Å²) in [5, 5.41) is 11.2. The van der Waals surface area contributed by atoms with E-state index >= 15 is 0 Å². The van der Waals surface area contributed by atoms with E-state index in [1.807, 2.05) is 12.1 Å². The van der Waals surface area contributed by atoms with Crippen LogP contribution in [-0.4, -0.2) is 16.4 Å². The molecule has 0 radical (unpaired) electrons. The smallest absolute Gasteiger partial charge is 0.0918 e. The third-order valence-electron chi connectivity index (χ3n) is 1.66. The fourth-order valence-corrected chi connectivity index (χ4v) is 0.954. The Balaban J connectivity index is 2.95. The van der Waals surface area contributed by atoms with Gasteiger partial charge >= 0.3 is 0 Å². The molecular weight excluding hydrogens is 152 g/mol. The van der Waals surface area contributed by atoms with Crippen molar-refractivity contribution in [2.75, 3.05) is 0 Å². The van der Waals surface area contributed by atoms with Gasteiger partial charge in [-0.05, 0) is 23.6 Å². The number of rotatable bonds is 2. The van der Waals surface area contributed by atoms with Gasteiger partial charge in [-0.25, -0.2) is 0 Å². The summed E-state index contributed by atoms with van der Waals surface area (Å²) in [7, 11) is 0. The zero-order valence-corrected chi connectivity index (χ0v) is 7.23. The van der Waals surface area contributed by atoms with Crippen molar-refractivity contribution < 1.29 is 5.21 Å². The molecule has 0 bridgehead atoms. The van der Waals surface area contributed by atoms with E-state index in [1.54, 1.807) is 6.20 Å². The van der Waals surface area contributed by atoms with Crippen LogP contribution in [0.15, 0.2) is 23.5 Å². The number of hydrogen-bond acceptors (Lipinski definition) is 3. The lowest BCUT2D eigenvalue weighted by Crippen LogP contribution is -1.92. The normalized spacial score (nSPS) is 11.2. The first-order valence-electron chi connectivity index (χ1n) is 3.87. The van der Waals surface area contributed by atoms with Crippen LogP contribution in [0.4, 0.5) is 0 Å². The van der Waals surface area contributed by atoms with Crippen molar-refractivity contribution in [3.8, 4) is 0 Å². The van der Waals surface area contributed by atoms with E-state index < -0.39 is 0 Å². The van der Waals surface area contributed by atoms with Crippen molar-refractivity contribution in [3.63, 3.8) is 0 Å². The Hall–Kier alpha value is -1.38. The predicted molar refractivity (Wildman–Crippen MR) is 47.7 cm³/mol. The highest BCUT2D eigenvalue weighted by Crippen LogP contribution is 2.12. The van der Waals surface area contributed by atoms with Gasteiger partial charge in [0.05, 0.1) is 11.9 Å².